The number of nitrogens with one attached hydrogen (secondary N) is 1. The molecule has 0 radical (unpaired) electrons. The molecule has 0 saturated carbocycles. The SMILES string of the molecule is CC(C)C(C)CNc1cc(F)ccc1N. The predicted octanol–water partition coefficient (Wildman–Crippen LogP) is 3.11. The van der Waals surface area contributed by atoms with E-state index in [-0.39, 0.29) is 5.82 Å². The Kier molecular flexibility index (Phi) is 3.95. The van der Waals surface area contributed by atoms with Gasteiger partial charge in [-0.25, -0.2) is 4.39 Å². The van der Waals surface area contributed by atoms with Crippen molar-refractivity contribution >= 4 is 11.4 Å². The quantitative estimate of drug-likeness (QED) is 0.749. The van der Waals surface area contributed by atoms with Crippen molar-refractivity contribution in [1.82, 2.24) is 0 Å². The van der Waals surface area contributed by atoms with Crippen molar-refractivity contribution in [2.45, 2.75) is 20.8 Å². The van der Waals surface area contributed by atoms with Crippen LogP contribution in [0, 0.1) is 17.7 Å². The van der Waals surface area contributed by atoms with Gasteiger partial charge in [0, 0.05) is 6.54 Å². The van der Waals surface area contributed by atoms with Crippen LogP contribution in [0.2, 0.25) is 0 Å². The topological polar surface area (TPSA) is 38.0 Å². The zero-order valence-electron chi connectivity index (χ0n) is 9.55. The molecule has 1 aromatic carbocycles. The Labute approximate surface area is 90.7 Å². The molecule has 2 nitrogen and oxygen atoms in total. The first-order valence-corrected chi connectivity index (χ1v) is 5.29. The zero-order chi connectivity index (χ0) is 11.4. The molecule has 3 heteroatoms. The highest BCUT2D eigenvalue weighted by Crippen LogP contribution is 2.20. The van der Waals surface area contributed by atoms with E-state index in [1.807, 2.05) is 0 Å². The van der Waals surface area contributed by atoms with E-state index in [1.54, 1.807) is 6.07 Å². The van der Waals surface area contributed by atoms with Gasteiger partial charge in [0.05, 0.1) is 11.4 Å². The van der Waals surface area contributed by atoms with Crippen LogP contribution >= 0.6 is 0 Å². The normalized spacial score (nSPS) is 12.9. The molecular formula is C12H19FN2. The molecule has 0 aliphatic heterocycles. The summed E-state index contributed by atoms with van der Waals surface area (Å²) in [5.41, 5.74) is 7.00. The monoisotopic (exact) mass is 210 g/mol. The summed E-state index contributed by atoms with van der Waals surface area (Å²) in [6.07, 6.45) is 0. The van der Waals surface area contributed by atoms with Crippen molar-refractivity contribution in [1.29, 1.82) is 0 Å². The second-order valence-electron chi connectivity index (χ2n) is 4.33. The van der Waals surface area contributed by atoms with Gasteiger partial charge in [-0.05, 0) is 30.0 Å². The Morgan fingerprint density at radius 1 is 1.33 bits per heavy atom. The van der Waals surface area contributed by atoms with Crippen LogP contribution in [0.15, 0.2) is 18.2 Å². The van der Waals surface area contributed by atoms with E-state index in [0.29, 0.717) is 23.2 Å². The maximum absolute atomic E-state index is 12.9. The highest BCUT2D eigenvalue weighted by molar-refractivity contribution is 5.65. The van der Waals surface area contributed by atoms with Gasteiger partial charge in [0.25, 0.3) is 0 Å². The Balaban J connectivity index is 2.61. The predicted molar refractivity (Wildman–Crippen MR) is 63.3 cm³/mol. The summed E-state index contributed by atoms with van der Waals surface area (Å²) in [5.74, 6) is 0.879. The van der Waals surface area contributed by atoms with Gasteiger partial charge in [-0.1, -0.05) is 20.8 Å². The first-order chi connectivity index (χ1) is 7.00. The van der Waals surface area contributed by atoms with Gasteiger partial charge >= 0.3 is 0 Å². The summed E-state index contributed by atoms with van der Waals surface area (Å²) < 4.78 is 12.9. The van der Waals surface area contributed by atoms with E-state index in [2.05, 4.69) is 26.1 Å². The largest absolute Gasteiger partial charge is 0.397 e. The van der Waals surface area contributed by atoms with Crippen molar-refractivity contribution in [2.24, 2.45) is 11.8 Å². The Hall–Kier alpha value is -1.25. The van der Waals surface area contributed by atoms with Crippen molar-refractivity contribution in [3.8, 4) is 0 Å². The number of nitrogens with two attached hydrogens (primary N) is 1. The van der Waals surface area contributed by atoms with Gasteiger partial charge < -0.3 is 11.1 Å². The fourth-order valence-corrected chi connectivity index (χ4v) is 1.19. The van der Waals surface area contributed by atoms with Gasteiger partial charge in [-0.2, -0.15) is 0 Å². The average Bonchev–Trinajstić information content (AvgIpc) is 2.18. The zero-order valence-corrected chi connectivity index (χ0v) is 9.55. The van der Waals surface area contributed by atoms with Crippen LogP contribution in [0.25, 0.3) is 0 Å². The first-order valence-electron chi connectivity index (χ1n) is 5.29. The minimum Gasteiger partial charge on any atom is -0.397 e. The lowest BCUT2D eigenvalue weighted by Crippen LogP contribution is -2.16. The molecule has 0 heterocycles. The molecule has 0 bridgehead atoms. The van der Waals surface area contributed by atoms with Crippen LogP contribution in [-0.4, -0.2) is 6.54 Å². The number of halogens is 1. The van der Waals surface area contributed by atoms with Crippen molar-refractivity contribution in [3.63, 3.8) is 0 Å². The fourth-order valence-electron chi connectivity index (χ4n) is 1.19. The molecule has 1 unspecified atom stereocenters. The highest BCUT2D eigenvalue weighted by Gasteiger charge is 2.07. The van der Waals surface area contributed by atoms with Crippen LogP contribution in [-0.2, 0) is 0 Å². The van der Waals surface area contributed by atoms with Crippen LogP contribution < -0.4 is 11.1 Å². The lowest BCUT2D eigenvalue weighted by molar-refractivity contribution is 0.440. The summed E-state index contributed by atoms with van der Waals surface area (Å²) in [6.45, 7) is 7.31. The van der Waals surface area contributed by atoms with E-state index in [4.69, 9.17) is 5.73 Å². The molecule has 0 amide bonds. The Morgan fingerprint density at radius 3 is 2.60 bits per heavy atom. The Bertz CT molecular complexity index is 323. The second kappa shape index (κ2) is 5.01. The van der Waals surface area contributed by atoms with Gasteiger partial charge in [0.2, 0.25) is 0 Å². The number of hydrogen-bond acceptors (Lipinski definition) is 2. The fraction of sp³-hybridized carbons (Fsp3) is 0.500. The molecule has 1 aromatic rings. The molecule has 0 spiro atoms. The van der Waals surface area contributed by atoms with Crippen LogP contribution in [0.3, 0.4) is 0 Å². The number of benzene rings is 1. The molecule has 3 N–H and O–H groups in total. The smallest absolute Gasteiger partial charge is 0.125 e. The third-order valence-corrected chi connectivity index (χ3v) is 2.77. The van der Waals surface area contributed by atoms with Gasteiger partial charge in [-0.15, -0.1) is 0 Å². The maximum atomic E-state index is 12.9. The number of hydrogen-bond donors (Lipinski definition) is 2. The summed E-state index contributed by atoms with van der Waals surface area (Å²) in [7, 11) is 0. The van der Waals surface area contributed by atoms with Crippen molar-refractivity contribution < 1.29 is 4.39 Å². The molecule has 0 aliphatic rings. The molecule has 0 saturated heterocycles. The number of rotatable bonds is 4. The van der Waals surface area contributed by atoms with E-state index in [9.17, 15) is 4.39 Å². The number of nitrogen functional groups attached to an aromatic ring is 1. The number of anilines is 2. The molecule has 0 aromatic heterocycles. The third-order valence-electron chi connectivity index (χ3n) is 2.77. The summed E-state index contributed by atoms with van der Waals surface area (Å²) in [6, 6.07) is 4.38. The van der Waals surface area contributed by atoms with Crippen LogP contribution in [0.4, 0.5) is 15.8 Å². The molecule has 0 fully saturated rings. The second-order valence-corrected chi connectivity index (χ2v) is 4.33. The average molecular weight is 210 g/mol. The van der Waals surface area contributed by atoms with Gasteiger partial charge in [0.15, 0.2) is 0 Å². The van der Waals surface area contributed by atoms with Crippen molar-refractivity contribution in [2.75, 3.05) is 17.6 Å². The molecule has 15 heavy (non-hydrogen) atoms. The lowest BCUT2D eigenvalue weighted by Gasteiger charge is -2.17. The molecule has 1 rings (SSSR count). The van der Waals surface area contributed by atoms with E-state index in [1.165, 1.54) is 12.1 Å². The molecule has 84 valence electrons. The van der Waals surface area contributed by atoms with Crippen LogP contribution in [0.5, 0.6) is 0 Å². The van der Waals surface area contributed by atoms with E-state index >= 15 is 0 Å². The maximum Gasteiger partial charge on any atom is 0.125 e. The summed E-state index contributed by atoms with van der Waals surface area (Å²) in [5, 5.41) is 3.17. The van der Waals surface area contributed by atoms with Gasteiger partial charge in [-0.3, -0.25) is 0 Å². The van der Waals surface area contributed by atoms with Crippen molar-refractivity contribution in [3.05, 3.63) is 24.0 Å². The molecule has 1 atom stereocenters. The highest BCUT2D eigenvalue weighted by atomic mass is 19.1. The third kappa shape index (κ3) is 3.42. The first kappa shape index (κ1) is 11.8. The summed E-state index contributed by atoms with van der Waals surface area (Å²) in [4.78, 5) is 0. The standard InChI is InChI=1S/C12H19FN2/c1-8(2)9(3)7-15-12-6-10(13)4-5-11(12)14/h4-6,8-9,15H,7,14H2,1-3H3. The van der Waals surface area contributed by atoms with Gasteiger partial charge in [0.1, 0.15) is 5.82 Å². The molecule has 0 aliphatic carbocycles. The van der Waals surface area contributed by atoms with E-state index in [0.717, 1.165) is 6.54 Å². The van der Waals surface area contributed by atoms with E-state index < -0.39 is 0 Å². The minimum atomic E-state index is -0.260. The summed E-state index contributed by atoms with van der Waals surface area (Å²) >= 11 is 0. The molecular weight excluding hydrogens is 191 g/mol. The minimum absolute atomic E-state index is 0.260. The Morgan fingerprint density at radius 2 is 2.00 bits per heavy atom. The lowest BCUT2D eigenvalue weighted by atomic mass is 9.98. The van der Waals surface area contributed by atoms with Crippen LogP contribution in [0.1, 0.15) is 20.8 Å².